The van der Waals surface area contributed by atoms with Gasteiger partial charge in [0.25, 0.3) is 0 Å². The van der Waals surface area contributed by atoms with Crippen LogP contribution in [0.2, 0.25) is 0 Å². The van der Waals surface area contributed by atoms with Gasteiger partial charge >= 0.3 is 0 Å². The van der Waals surface area contributed by atoms with Gasteiger partial charge in [0.15, 0.2) is 0 Å². The first kappa shape index (κ1) is 11.4. The molecule has 0 heterocycles. The van der Waals surface area contributed by atoms with Crippen molar-refractivity contribution in [3.05, 3.63) is 29.8 Å². The number of ether oxygens (including phenoxy) is 1. The number of benzene rings is 1. The second-order valence-corrected chi connectivity index (χ2v) is 4.16. The van der Waals surface area contributed by atoms with E-state index >= 15 is 0 Å². The van der Waals surface area contributed by atoms with Crippen LogP contribution in [0.3, 0.4) is 0 Å². The Morgan fingerprint density at radius 1 is 1.25 bits per heavy atom. The zero-order valence-corrected chi connectivity index (χ0v) is 9.74. The molecule has 0 atom stereocenters. The summed E-state index contributed by atoms with van der Waals surface area (Å²) in [6, 6.07) is 7.99. The zero-order chi connectivity index (χ0) is 11.2. The van der Waals surface area contributed by atoms with Gasteiger partial charge in [0.05, 0.1) is 13.2 Å². The topological polar surface area (TPSA) is 30.5 Å². The van der Waals surface area contributed by atoms with Crippen molar-refractivity contribution in [2.75, 3.05) is 7.11 Å². The molecule has 0 spiro atoms. The molecule has 1 fully saturated rings. The average Bonchev–Trinajstić information content (AvgIpc) is 2.83. The van der Waals surface area contributed by atoms with Crippen molar-refractivity contribution in [2.45, 2.75) is 38.3 Å². The van der Waals surface area contributed by atoms with Crippen molar-refractivity contribution in [1.29, 1.82) is 0 Å². The van der Waals surface area contributed by atoms with Crippen LogP contribution in [0, 0.1) is 0 Å². The van der Waals surface area contributed by atoms with E-state index in [0.29, 0.717) is 12.6 Å². The van der Waals surface area contributed by atoms with Crippen molar-refractivity contribution in [3.63, 3.8) is 0 Å². The minimum absolute atomic E-state index is 0.398. The van der Waals surface area contributed by atoms with Gasteiger partial charge in [-0.1, -0.05) is 31.0 Å². The summed E-state index contributed by atoms with van der Waals surface area (Å²) in [7, 11) is 1.69. The fourth-order valence-electron chi connectivity index (χ4n) is 2.09. The van der Waals surface area contributed by atoms with Crippen LogP contribution in [0.4, 0.5) is 0 Å². The van der Waals surface area contributed by atoms with E-state index in [1.54, 1.807) is 7.11 Å². The van der Waals surface area contributed by atoms with E-state index in [1.807, 2.05) is 24.3 Å². The fraction of sp³-hybridized carbons (Fsp3) is 0.538. The number of hydrogen-bond acceptors (Lipinski definition) is 3. The maximum absolute atomic E-state index is 5.60. The van der Waals surface area contributed by atoms with Crippen molar-refractivity contribution < 1.29 is 9.57 Å². The third-order valence-electron chi connectivity index (χ3n) is 3.01. The third kappa shape index (κ3) is 2.97. The molecule has 1 aliphatic rings. The lowest BCUT2D eigenvalue weighted by atomic mass is 10.2. The van der Waals surface area contributed by atoms with Crippen LogP contribution < -0.4 is 10.2 Å². The first-order valence-electron chi connectivity index (χ1n) is 5.90. The predicted molar refractivity (Wildman–Crippen MR) is 63.2 cm³/mol. The Morgan fingerprint density at radius 2 is 2.00 bits per heavy atom. The molecule has 1 aromatic rings. The van der Waals surface area contributed by atoms with Gasteiger partial charge in [-0.25, -0.2) is 0 Å². The van der Waals surface area contributed by atoms with E-state index in [4.69, 9.17) is 9.57 Å². The first-order chi connectivity index (χ1) is 7.90. The molecule has 0 radical (unpaired) electrons. The van der Waals surface area contributed by atoms with Crippen LogP contribution in [-0.2, 0) is 11.4 Å². The normalized spacial score (nSPS) is 16.6. The molecule has 3 nitrogen and oxygen atoms in total. The Hall–Kier alpha value is -1.06. The van der Waals surface area contributed by atoms with Gasteiger partial charge in [0.1, 0.15) is 5.75 Å². The van der Waals surface area contributed by atoms with Crippen LogP contribution in [0.1, 0.15) is 31.2 Å². The van der Waals surface area contributed by atoms with Crippen LogP contribution in [0.25, 0.3) is 0 Å². The van der Waals surface area contributed by atoms with E-state index in [9.17, 15) is 0 Å². The second kappa shape index (κ2) is 5.87. The van der Waals surface area contributed by atoms with Gasteiger partial charge in [-0.3, -0.25) is 4.84 Å². The average molecular weight is 221 g/mol. The quantitative estimate of drug-likeness (QED) is 0.775. The van der Waals surface area contributed by atoms with Crippen LogP contribution in [0.5, 0.6) is 5.75 Å². The van der Waals surface area contributed by atoms with Crippen LogP contribution in [0.15, 0.2) is 24.3 Å². The van der Waals surface area contributed by atoms with E-state index < -0.39 is 0 Å². The second-order valence-electron chi connectivity index (χ2n) is 4.16. The molecule has 16 heavy (non-hydrogen) atoms. The first-order valence-corrected chi connectivity index (χ1v) is 5.90. The van der Waals surface area contributed by atoms with Gasteiger partial charge in [0, 0.05) is 12.1 Å². The Kier molecular flexibility index (Phi) is 4.19. The highest BCUT2D eigenvalue weighted by Gasteiger charge is 2.15. The fourth-order valence-corrected chi connectivity index (χ4v) is 2.09. The van der Waals surface area contributed by atoms with E-state index in [1.165, 1.54) is 25.7 Å². The Bertz CT molecular complexity index is 321. The molecule has 0 aliphatic heterocycles. The number of hydrogen-bond donors (Lipinski definition) is 1. The molecular formula is C13H19NO2. The van der Waals surface area contributed by atoms with E-state index in [-0.39, 0.29) is 0 Å². The zero-order valence-electron chi connectivity index (χ0n) is 9.74. The smallest absolute Gasteiger partial charge is 0.123 e. The summed E-state index contributed by atoms with van der Waals surface area (Å²) in [6.07, 6.45) is 5.34. The molecule has 88 valence electrons. The standard InChI is InChI=1S/C13H19NO2/c1-15-13-9-5-2-6-11(13)10-14-16-12-7-3-4-8-12/h2,5-6,9,12,14H,3-4,7-8,10H2,1H3. The molecular weight excluding hydrogens is 202 g/mol. The van der Waals surface area contributed by atoms with Gasteiger partial charge in [0.2, 0.25) is 0 Å². The minimum atomic E-state index is 0.398. The lowest BCUT2D eigenvalue weighted by Crippen LogP contribution is -2.21. The van der Waals surface area contributed by atoms with Crippen molar-refractivity contribution in [3.8, 4) is 5.75 Å². The summed E-state index contributed by atoms with van der Waals surface area (Å²) in [5.41, 5.74) is 4.17. The van der Waals surface area contributed by atoms with Crippen molar-refractivity contribution in [1.82, 2.24) is 5.48 Å². The summed E-state index contributed by atoms with van der Waals surface area (Å²) < 4.78 is 5.27. The number of hydroxylamine groups is 1. The molecule has 0 aromatic heterocycles. The highest BCUT2D eigenvalue weighted by atomic mass is 16.7. The van der Waals surface area contributed by atoms with Gasteiger partial charge < -0.3 is 4.74 Å². The molecule has 1 saturated carbocycles. The van der Waals surface area contributed by atoms with Gasteiger partial charge in [-0.2, -0.15) is 5.48 Å². The van der Waals surface area contributed by atoms with Crippen molar-refractivity contribution in [2.24, 2.45) is 0 Å². The Labute approximate surface area is 96.7 Å². The molecule has 0 saturated heterocycles. The highest BCUT2D eigenvalue weighted by molar-refractivity contribution is 5.32. The monoisotopic (exact) mass is 221 g/mol. The predicted octanol–water partition coefficient (Wildman–Crippen LogP) is 2.66. The number of para-hydroxylation sites is 1. The van der Waals surface area contributed by atoms with Gasteiger partial charge in [-0.05, 0) is 18.9 Å². The summed E-state index contributed by atoms with van der Waals surface area (Å²) in [5.74, 6) is 0.907. The molecule has 0 unspecified atom stereocenters. The number of rotatable bonds is 5. The van der Waals surface area contributed by atoms with E-state index in [2.05, 4.69) is 5.48 Å². The summed E-state index contributed by atoms with van der Waals surface area (Å²) >= 11 is 0. The van der Waals surface area contributed by atoms with Crippen LogP contribution in [-0.4, -0.2) is 13.2 Å². The summed E-state index contributed by atoms with van der Waals surface area (Å²) in [4.78, 5) is 5.60. The largest absolute Gasteiger partial charge is 0.496 e. The number of methoxy groups -OCH3 is 1. The maximum atomic E-state index is 5.60. The van der Waals surface area contributed by atoms with Gasteiger partial charge in [-0.15, -0.1) is 0 Å². The Balaban J connectivity index is 1.79. The third-order valence-corrected chi connectivity index (χ3v) is 3.01. The number of nitrogens with one attached hydrogen (secondary N) is 1. The lowest BCUT2D eigenvalue weighted by molar-refractivity contribution is -0.0246. The SMILES string of the molecule is COc1ccccc1CNOC1CCCC1. The highest BCUT2D eigenvalue weighted by Crippen LogP contribution is 2.21. The molecule has 0 bridgehead atoms. The molecule has 2 rings (SSSR count). The minimum Gasteiger partial charge on any atom is -0.496 e. The van der Waals surface area contributed by atoms with Crippen LogP contribution >= 0.6 is 0 Å². The van der Waals surface area contributed by atoms with Crippen molar-refractivity contribution >= 4 is 0 Å². The molecule has 0 amide bonds. The molecule has 1 aromatic carbocycles. The molecule has 1 N–H and O–H groups in total. The maximum Gasteiger partial charge on any atom is 0.123 e. The summed E-state index contributed by atoms with van der Waals surface area (Å²) in [6.45, 7) is 0.695. The molecule has 1 aliphatic carbocycles. The van der Waals surface area contributed by atoms with E-state index in [0.717, 1.165) is 11.3 Å². The Morgan fingerprint density at radius 3 is 2.75 bits per heavy atom. The summed E-state index contributed by atoms with van der Waals surface area (Å²) in [5, 5.41) is 0. The lowest BCUT2D eigenvalue weighted by Gasteiger charge is -2.13. The molecule has 3 heteroatoms.